The molecule has 25 heavy (non-hydrogen) atoms. The zero-order valence-corrected chi connectivity index (χ0v) is 16.8. The molecule has 1 aliphatic rings. The van der Waals surface area contributed by atoms with Gasteiger partial charge in [-0.05, 0) is 32.4 Å². The first-order chi connectivity index (χ1) is 12.1. The molecule has 4 rings (SSSR count). The first-order valence-electron chi connectivity index (χ1n) is 8.61. The third-order valence-electron chi connectivity index (χ3n) is 4.69. The van der Waals surface area contributed by atoms with Gasteiger partial charge in [0.15, 0.2) is 0 Å². The number of fused-ring (bicyclic) bond motifs is 5. The molecule has 128 valence electrons. The van der Waals surface area contributed by atoms with E-state index in [-0.39, 0.29) is 6.04 Å². The Hall–Kier alpha value is -1.89. The molecule has 0 N–H and O–H groups in total. The van der Waals surface area contributed by atoms with E-state index in [1.54, 1.807) is 0 Å². The highest BCUT2D eigenvalue weighted by Gasteiger charge is 2.28. The van der Waals surface area contributed by atoms with Crippen LogP contribution in [0.25, 0.3) is 22.5 Å². The van der Waals surface area contributed by atoms with Gasteiger partial charge in [-0.3, -0.25) is 0 Å². The molecule has 0 radical (unpaired) electrons. The quantitative estimate of drug-likeness (QED) is 0.306. The predicted molar refractivity (Wildman–Crippen MR) is 111 cm³/mol. The molecule has 1 atom stereocenters. The van der Waals surface area contributed by atoms with Crippen molar-refractivity contribution in [1.82, 2.24) is 15.0 Å². The third-order valence-corrected chi connectivity index (χ3v) is 5.37. The molecule has 0 saturated heterocycles. The van der Waals surface area contributed by atoms with E-state index in [1.165, 1.54) is 16.8 Å². The second-order valence-electron chi connectivity index (χ2n) is 6.70. The fourth-order valence-electron chi connectivity index (χ4n) is 3.49. The standard InChI is InChI=1S/C20H21IN4/c1-13(2)25-20-16-9-5-4-8-15(16)12-24(14(3)21)18-11-7-6-10-17(18)19(20)22-23-25/h4-11,13-14H,12H2,1-3H3. The van der Waals surface area contributed by atoms with Crippen molar-refractivity contribution >= 4 is 28.3 Å². The Balaban J connectivity index is 2.08. The zero-order chi connectivity index (χ0) is 17.6. The number of anilines is 1. The lowest BCUT2D eigenvalue weighted by Crippen LogP contribution is -2.29. The lowest BCUT2D eigenvalue weighted by Gasteiger charge is -2.32. The number of aromatic nitrogens is 3. The smallest absolute Gasteiger partial charge is 0.123 e. The van der Waals surface area contributed by atoms with E-state index in [4.69, 9.17) is 0 Å². The molecule has 3 aromatic rings. The topological polar surface area (TPSA) is 34.0 Å². The van der Waals surface area contributed by atoms with E-state index in [0.717, 1.165) is 23.5 Å². The maximum Gasteiger partial charge on any atom is 0.123 e. The van der Waals surface area contributed by atoms with Crippen LogP contribution in [0.5, 0.6) is 0 Å². The maximum atomic E-state index is 4.60. The van der Waals surface area contributed by atoms with Crippen LogP contribution in [0.15, 0.2) is 48.5 Å². The second-order valence-corrected chi connectivity index (χ2v) is 8.50. The lowest BCUT2D eigenvalue weighted by atomic mass is 9.95. The van der Waals surface area contributed by atoms with Gasteiger partial charge in [-0.1, -0.05) is 70.3 Å². The minimum Gasteiger partial charge on any atom is -0.355 e. The van der Waals surface area contributed by atoms with Crippen LogP contribution < -0.4 is 4.90 Å². The number of alkyl halides is 1. The number of nitrogens with zero attached hydrogens (tertiary/aromatic N) is 4. The van der Waals surface area contributed by atoms with Gasteiger partial charge in [0.25, 0.3) is 0 Å². The highest BCUT2D eigenvalue weighted by molar-refractivity contribution is 14.1. The molecule has 1 aliphatic heterocycles. The molecule has 0 saturated carbocycles. The van der Waals surface area contributed by atoms with Crippen molar-refractivity contribution in [3.8, 4) is 22.5 Å². The van der Waals surface area contributed by atoms with Gasteiger partial charge < -0.3 is 4.90 Å². The minimum atomic E-state index is 0.260. The van der Waals surface area contributed by atoms with E-state index < -0.39 is 0 Å². The van der Waals surface area contributed by atoms with E-state index >= 15 is 0 Å². The molecule has 1 unspecified atom stereocenters. The molecule has 0 aliphatic carbocycles. The number of halogens is 1. The van der Waals surface area contributed by atoms with Gasteiger partial charge >= 0.3 is 0 Å². The third kappa shape index (κ3) is 2.74. The Kier molecular flexibility index (Phi) is 4.27. The highest BCUT2D eigenvalue weighted by atomic mass is 127. The fourth-order valence-corrected chi connectivity index (χ4v) is 3.98. The van der Waals surface area contributed by atoms with Crippen molar-refractivity contribution in [3.63, 3.8) is 0 Å². The van der Waals surface area contributed by atoms with Crippen molar-refractivity contribution in [1.29, 1.82) is 0 Å². The zero-order valence-electron chi connectivity index (χ0n) is 14.6. The largest absolute Gasteiger partial charge is 0.355 e. The summed E-state index contributed by atoms with van der Waals surface area (Å²) in [6.45, 7) is 7.41. The van der Waals surface area contributed by atoms with Crippen LogP contribution >= 0.6 is 22.6 Å². The summed E-state index contributed by atoms with van der Waals surface area (Å²) >= 11 is 2.49. The van der Waals surface area contributed by atoms with Crippen LogP contribution in [0.4, 0.5) is 5.69 Å². The van der Waals surface area contributed by atoms with Crippen LogP contribution in [0.3, 0.4) is 0 Å². The Morgan fingerprint density at radius 2 is 1.64 bits per heavy atom. The summed E-state index contributed by atoms with van der Waals surface area (Å²) in [5.74, 6) is 0. The normalized spacial score (nSPS) is 14.4. The summed E-state index contributed by atoms with van der Waals surface area (Å²) in [5, 5.41) is 9.09. The molecule has 2 aromatic carbocycles. The Morgan fingerprint density at radius 1 is 0.960 bits per heavy atom. The Morgan fingerprint density at radius 3 is 2.36 bits per heavy atom. The van der Waals surface area contributed by atoms with Crippen LogP contribution in [-0.2, 0) is 6.54 Å². The van der Waals surface area contributed by atoms with Crippen molar-refractivity contribution < 1.29 is 0 Å². The summed E-state index contributed by atoms with van der Waals surface area (Å²) in [5.41, 5.74) is 7.01. The van der Waals surface area contributed by atoms with Crippen molar-refractivity contribution in [2.45, 2.75) is 37.4 Å². The summed E-state index contributed by atoms with van der Waals surface area (Å²) in [6.07, 6.45) is 0. The van der Waals surface area contributed by atoms with Crippen LogP contribution in [0, 0.1) is 0 Å². The predicted octanol–water partition coefficient (Wildman–Crippen LogP) is 5.29. The Labute approximate surface area is 162 Å². The van der Waals surface area contributed by atoms with Gasteiger partial charge in [-0.15, -0.1) is 5.10 Å². The molecule has 0 amide bonds. The average Bonchev–Trinajstić information content (AvgIpc) is 3.03. The molecule has 0 bridgehead atoms. The minimum absolute atomic E-state index is 0.260. The van der Waals surface area contributed by atoms with Crippen molar-refractivity contribution in [2.24, 2.45) is 0 Å². The molecule has 1 aromatic heterocycles. The van der Waals surface area contributed by atoms with Crippen LogP contribution in [0.1, 0.15) is 32.4 Å². The number of hydrogen-bond acceptors (Lipinski definition) is 3. The molecule has 2 heterocycles. The van der Waals surface area contributed by atoms with E-state index in [2.05, 4.69) is 107 Å². The van der Waals surface area contributed by atoms with Crippen LogP contribution in [0.2, 0.25) is 0 Å². The van der Waals surface area contributed by atoms with Gasteiger partial charge in [-0.2, -0.15) is 0 Å². The summed E-state index contributed by atoms with van der Waals surface area (Å²) < 4.78 is 2.42. The number of benzene rings is 2. The monoisotopic (exact) mass is 444 g/mol. The van der Waals surface area contributed by atoms with Gasteiger partial charge in [0.05, 0.1) is 9.74 Å². The van der Waals surface area contributed by atoms with E-state index in [1.807, 2.05) is 4.68 Å². The van der Waals surface area contributed by atoms with Crippen molar-refractivity contribution in [3.05, 3.63) is 54.1 Å². The molecular formula is C20H21IN4. The number of hydrogen-bond donors (Lipinski definition) is 0. The molecule has 4 nitrogen and oxygen atoms in total. The highest BCUT2D eigenvalue weighted by Crippen LogP contribution is 2.42. The maximum absolute atomic E-state index is 4.60. The summed E-state index contributed by atoms with van der Waals surface area (Å²) in [7, 11) is 0. The van der Waals surface area contributed by atoms with Gasteiger partial charge in [0, 0.05) is 29.4 Å². The van der Waals surface area contributed by atoms with Gasteiger partial charge in [0.2, 0.25) is 0 Å². The van der Waals surface area contributed by atoms with E-state index in [9.17, 15) is 0 Å². The summed E-state index contributed by atoms with van der Waals surface area (Å²) in [4.78, 5) is 2.44. The molecule has 5 heteroatoms. The SMILES string of the molecule is CC(I)N1Cc2ccccc2-c2c(nnn2C(C)C)-c2ccccc21. The fraction of sp³-hybridized carbons (Fsp3) is 0.300. The van der Waals surface area contributed by atoms with Crippen LogP contribution in [-0.4, -0.2) is 19.0 Å². The molecule has 0 spiro atoms. The van der Waals surface area contributed by atoms with E-state index in [0.29, 0.717) is 4.05 Å². The number of rotatable bonds is 2. The number of para-hydroxylation sites is 1. The van der Waals surface area contributed by atoms with Crippen molar-refractivity contribution in [2.75, 3.05) is 4.90 Å². The Bertz CT molecular complexity index is 914. The average molecular weight is 444 g/mol. The molecular weight excluding hydrogens is 423 g/mol. The second kappa shape index (κ2) is 6.44. The first-order valence-corrected chi connectivity index (χ1v) is 9.86. The van der Waals surface area contributed by atoms with Gasteiger partial charge in [-0.25, -0.2) is 4.68 Å². The first kappa shape index (κ1) is 16.6. The molecule has 0 fully saturated rings. The summed E-state index contributed by atoms with van der Waals surface area (Å²) in [6, 6.07) is 17.4. The van der Waals surface area contributed by atoms with Gasteiger partial charge in [0.1, 0.15) is 5.69 Å². The lowest BCUT2D eigenvalue weighted by molar-refractivity contribution is 0.519.